The van der Waals surface area contributed by atoms with Crippen molar-refractivity contribution < 1.29 is 14.6 Å². The summed E-state index contributed by atoms with van der Waals surface area (Å²) in [5, 5.41) is 13.6. The maximum Gasteiger partial charge on any atom is 0.404 e. The quantitative estimate of drug-likeness (QED) is 0.783. The average Bonchev–Trinajstić information content (AvgIpc) is 2.42. The molecule has 20 heavy (non-hydrogen) atoms. The van der Waals surface area contributed by atoms with Crippen molar-refractivity contribution in [3.05, 3.63) is 35.9 Å². The molecule has 1 aliphatic rings. The number of amides is 1. The molecule has 5 nitrogen and oxygen atoms in total. The molecule has 0 bridgehead atoms. The standard InChI is InChI=1S/C15H22N2O3/c1-10(11-5-3-2-4-6-11)17-13-8-7-12(9-14(13)18)20-15(16)19/h2-6,10,12-14,17-18H,7-9H2,1H3,(H2,16,19)/t10-,12-,13-,14-/m0/s1. The van der Waals surface area contributed by atoms with E-state index in [2.05, 4.69) is 24.4 Å². The largest absolute Gasteiger partial charge is 0.446 e. The molecule has 0 unspecified atom stereocenters. The second-order valence-electron chi connectivity index (χ2n) is 5.34. The second kappa shape index (κ2) is 6.72. The molecule has 0 spiro atoms. The minimum absolute atomic E-state index is 0.0120. The number of carbonyl (C=O) groups is 1. The summed E-state index contributed by atoms with van der Waals surface area (Å²) in [6.45, 7) is 2.08. The van der Waals surface area contributed by atoms with Gasteiger partial charge in [0.1, 0.15) is 6.10 Å². The third kappa shape index (κ3) is 3.95. The van der Waals surface area contributed by atoms with Crippen LogP contribution in [0, 0.1) is 0 Å². The van der Waals surface area contributed by atoms with Gasteiger partial charge in [-0.15, -0.1) is 0 Å². The van der Waals surface area contributed by atoms with Crippen LogP contribution < -0.4 is 11.1 Å². The van der Waals surface area contributed by atoms with Crippen LogP contribution in [0.25, 0.3) is 0 Å². The third-order valence-electron chi connectivity index (χ3n) is 3.81. The van der Waals surface area contributed by atoms with E-state index in [9.17, 15) is 9.90 Å². The van der Waals surface area contributed by atoms with Crippen molar-refractivity contribution in [2.45, 2.75) is 50.5 Å². The van der Waals surface area contributed by atoms with Crippen molar-refractivity contribution >= 4 is 6.09 Å². The first-order valence-electron chi connectivity index (χ1n) is 7.01. The fourth-order valence-corrected chi connectivity index (χ4v) is 2.73. The summed E-state index contributed by atoms with van der Waals surface area (Å²) in [5.74, 6) is 0. The highest BCUT2D eigenvalue weighted by Gasteiger charge is 2.31. The molecular weight excluding hydrogens is 256 g/mol. The van der Waals surface area contributed by atoms with Gasteiger partial charge in [-0.1, -0.05) is 30.3 Å². The van der Waals surface area contributed by atoms with E-state index in [0.717, 1.165) is 12.8 Å². The van der Waals surface area contributed by atoms with Crippen LogP contribution in [0.1, 0.15) is 37.8 Å². The lowest BCUT2D eigenvalue weighted by Crippen LogP contribution is -2.47. The number of nitrogens with one attached hydrogen (secondary N) is 1. The first kappa shape index (κ1) is 14.8. The molecule has 1 amide bonds. The molecule has 0 radical (unpaired) electrons. The number of aliphatic hydroxyl groups excluding tert-OH is 1. The number of carbonyl (C=O) groups excluding carboxylic acids is 1. The van der Waals surface area contributed by atoms with Gasteiger partial charge in [-0.25, -0.2) is 4.79 Å². The highest BCUT2D eigenvalue weighted by atomic mass is 16.6. The molecule has 1 aromatic carbocycles. The minimum atomic E-state index is -0.772. The molecule has 110 valence electrons. The van der Waals surface area contributed by atoms with E-state index in [0.29, 0.717) is 6.42 Å². The number of aliphatic hydroxyl groups is 1. The molecular formula is C15H22N2O3. The normalized spacial score (nSPS) is 27.8. The van der Waals surface area contributed by atoms with Gasteiger partial charge < -0.3 is 20.9 Å². The zero-order chi connectivity index (χ0) is 14.5. The Morgan fingerprint density at radius 3 is 2.70 bits per heavy atom. The lowest BCUT2D eigenvalue weighted by Gasteiger charge is -2.34. The summed E-state index contributed by atoms with van der Waals surface area (Å²) in [7, 11) is 0. The summed E-state index contributed by atoms with van der Waals surface area (Å²) < 4.78 is 4.95. The third-order valence-corrected chi connectivity index (χ3v) is 3.81. The molecule has 5 heteroatoms. The summed E-state index contributed by atoms with van der Waals surface area (Å²) in [4.78, 5) is 10.7. The van der Waals surface area contributed by atoms with E-state index in [4.69, 9.17) is 10.5 Å². The molecule has 1 aliphatic carbocycles. The highest BCUT2D eigenvalue weighted by Crippen LogP contribution is 2.24. The molecule has 0 saturated heterocycles. The van der Waals surface area contributed by atoms with E-state index in [1.807, 2.05) is 18.2 Å². The van der Waals surface area contributed by atoms with Crippen LogP contribution in [-0.4, -0.2) is 29.4 Å². The van der Waals surface area contributed by atoms with Crippen LogP contribution in [0.3, 0.4) is 0 Å². The summed E-state index contributed by atoms with van der Waals surface area (Å²) in [6.07, 6.45) is 0.343. The summed E-state index contributed by atoms with van der Waals surface area (Å²) in [5.41, 5.74) is 6.19. The molecule has 2 rings (SSSR count). The number of hydrogen-bond acceptors (Lipinski definition) is 4. The first-order valence-corrected chi connectivity index (χ1v) is 7.01. The van der Waals surface area contributed by atoms with Crippen LogP contribution in [0.5, 0.6) is 0 Å². The van der Waals surface area contributed by atoms with E-state index < -0.39 is 12.2 Å². The maximum atomic E-state index is 10.7. The van der Waals surface area contributed by atoms with Crippen molar-refractivity contribution in [2.75, 3.05) is 0 Å². The maximum absolute atomic E-state index is 10.7. The molecule has 0 heterocycles. The lowest BCUT2D eigenvalue weighted by atomic mass is 9.89. The SMILES string of the molecule is C[C@H](N[C@H]1CC[C@H](OC(N)=O)C[C@@H]1O)c1ccccc1. The predicted molar refractivity (Wildman–Crippen MR) is 76.1 cm³/mol. The predicted octanol–water partition coefficient (Wildman–Crippen LogP) is 1.71. The Hall–Kier alpha value is -1.59. The monoisotopic (exact) mass is 278 g/mol. The van der Waals surface area contributed by atoms with E-state index >= 15 is 0 Å². The lowest BCUT2D eigenvalue weighted by molar-refractivity contribution is 0.00538. The number of nitrogens with two attached hydrogens (primary N) is 1. The van der Waals surface area contributed by atoms with E-state index in [-0.39, 0.29) is 18.2 Å². The van der Waals surface area contributed by atoms with Crippen molar-refractivity contribution in [3.8, 4) is 0 Å². The van der Waals surface area contributed by atoms with Crippen molar-refractivity contribution in [1.82, 2.24) is 5.32 Å². The Labute approximate surface area is 119 Å². The van der Waals surface area contributed by atoms with Gasteiger partial charge >= 0.3 is 6.09 Å². The minimum Gasteiger partial charge on any atom is -0.446 e. The molecule has 1 fully saturated rings. The molecule has 1 aromatic rings. The first-order chi connectivity index (χ1) is 9.56. The van der Waals surface area contributed by atoms with Gasteiger partial charge in [-0.2, -0.15) is 0 Å². The number of hydrogen-bond donors (Lipinski definition) is 3. The second-order valence-corrected chi connectivity index (χ2v) is 5.34. The Kier molecular flexibility index (Phi) is 4.98. The molecule has 1 saturated carbocycles. The van der Waals surface area contributed by atoms with Crippen molar-refractivity contribution in [3.63, 3.8) is 0 Å². The fraction of sp³-hybridized carbons (Fsp3) is 0.533. The Morgan fingerprint density at radius 2 is 2.10 bits per heavy atom. The Morgan fingerprint density at radius 1 is 1.40 bits per heavy atom. The number of primary amides is 1. The van der Waals surface area contributed by atoms with Crippen molar-refractivity contribution in [2.24, 2.45) is 5.73 Å². The van der Waals surface area contributed by atoms with E-state index in [1.54, 1.807) is 0 Å². The van der Waals surface area contributed by atoms with Gasteiger partial charge in [0, 0.05) is 18.5 Å². The smallest absolute Gasteiger partial charge is 0.404 e. The summed E-state index contributed by atoms with van der Waals surface area (Å²) >= 11 is 0. The van der Waals surface area contributed by atoms with Gasteiger partial charge in [-0.05, 0) is 25.3 Å². The fourth-order valence-electron chi connectivity index (χ4n) is 2.73. The molecule has 0 aromatic heterocycles. The van der Waals surface area contributed by atoms with Gasteiger partial charge in [-0.3, -0.25) is 0 Å². The Bertz CT molecular complexity index is 438. The number of benzene rings is 1. The van der Waals surface area contributed by atoms with Crippen molar-refractivity contribution in [1.29, 1.82) is 0 Å². The average molecular weight is 278 g/mol. The number of ether oxygens (including phenoxy) is 1. The highest BCUT2D eigenvalue weighted by molar-refractivity contribution is 5.64. The van der Waals surface area contributed by atoms with Gasteiger partial charge in [0.25, 0.3) is 0 Å². The van der Waals surface area contributed by atoms with Crippen LogP contribution in [0.15, 0.2) is 30.3 Å². The van der Waals surface area contributed by atoms with Gasteiger partial charge in [0.05, 0.1) is 6.10 Å². The molecule has 4 atom stereocenters. The van der Waals surface area contributed by atoms with Crippen LogP contribution in [-0.2, 0) is 4.74 Å². The topological polar surface area (TPSA) is 84.6 Å². The van der Waals surface area contributed by atoms with Gasteiger partial charge in [0.2, 0.25) is 0 Å². The van der Waals surface area contributed by atoms with Gasteiger partial charge in [0.15, 0.2) is 0 Å². The number of rotatable bonds is 4. The van der Waals surface area contributed by atoms with Crippen LogP contribution in [0.2, 0.25) is 0 Å². The van der Waals surface area contributed by atoms with E-state index in [1.165, 1.54) is 5.56 Å². The van der Waals surface area contributed by atoms with Crippen LogP contribution in [0.4, 0.5) is 4.79 Å². The zero-order valence-electron chi connectivity index (χ0n) is 11.7. The Balaban J connectivity index is 1.87. The summed E-state index contributed by atoms with van der Waals surface area (Å²) in [6, 6.07) is 10.3. The van der Waals surface area contributed by atoms with Crippen LogP contribution >= 0.6 is 0 Å². The zero-order valence-corrected chi connectivity index (χ0v) is 11.7. The molecule has 0 aliphatic heterocycles. The molecule has 4 N–H and O–H groups in total.